The second kappa shape index (κ2) is 20.1. The molecule has 0 amide bonds. The monoisotopic (exact) mass is 577 g/mol. The normalized spacial score (nSPS) is 13.6. The first-order chi connectivity index (χ1) is 18.9. The van der Waals surface area contributed by atoms with Crippen LogP contribution in [0.15, 0.2) is 60.7 Å². The van der Waals surface area contributed by atoms with Crippen LogP contribution in [-0.2, 0) is 20.5 Å². The number of carbonyl (C=O) groups excluding carboxylic acids is 1. The number of unbranched alkanes of at least 4 members (excludes halogenated alkanes) is 10. The molecule has 2 aromatic rings. The minimum absolute atomic E-state index is 0.153. The molecule has 5 nitrogen and oxygen atoms in total. The van der Waals surface area contributed by atoms with Gasteiger partial charge in [0.15, 0.2) is 0 Å². The topological polar surface area (TPSA) is 64.6 Å². The molecule has 0 saturated carbocycles. The number of esters is 1. The average Bonchev–Trinajstić information content (AvgIpc) is 2.92. The fourth-order valence-electron chi connectivity index (χ4n) is 4.67. The summed E-state index contributed by atoms with van der Waals surface area (Å²) in [6.07, 6.45) is 16.2. The van der Waals surface area contributed by atoms with Gasteiger partial charge in [-0.05, 0) is 49.8 Å². The van der Waals surface area contributed by atoms with Gasteiger partial charge < -0.3 is 9.26 Å². The first-order valence-corrected chi connectivity index (χ1v) is 17.5. The van der Waals surface area contributed by atoms with E-state index in [1.807, 2.05) is 36.4 Å². The second-order valence-corrected chi connectivity index (χ2v) is 13.2. The number of carbonyl (C=O) groups is 1. The molecule has 2 rings (SSSR count). The third-order valence-corrected chi connectivity index (χ3v) is 8.45. The summed E-state index contributed by atoms with van der Waals surface area (Å²) in [5.74, 6) is -0.0578. The Labute approximate surface area is 241 Å². The highest BCUT2D eigenvalue weighted by molar-refractivity contribution is 7.84. The Hall–Kier alpha value is -1.81. The molecule has 0 heterocycles. The van der Waals surface area contributed by atoms with Crippen molar-refractivity contribution in [3.63, 3.8) is 0 Å². The smallest absolute Gasteiger partial charge is 0.409 e. The van der Waals surface area contributed by atoms with E-state index in [9.17, 15) is 9.36 Å². The molecule has 2 aromatic carbocycles. The predicted octanol–water partition coefficient (Wildman–Crippen LogP) is 10.0. The fourth-order valence-corrected chi connectivity index (χ4v) is 6.28. The summed E-state index contributed by atoms with van der Waals surface area (Å²) in [5, 5.41) is 2.80. The van der Waals surface area contributed by atoms with E-state index in [0.29, 0.717) is 12.2 Å². The zero-order chi connectivity index (χ0) is 28.2. The Morgan fingerprint density at radius 1 is 0.769 bits per heavy atom. The molecule has 0 aromatic heterocycles. The largest absolute Gasteiger partial charge is 0.461 e. The number of benzene rings is 2. The van der Waals surface area contributed by atoms with Gasteiger partial charge in [-0.3, -0.25) is 4.79 Å². The lowest BCUT2D eigenvalue weighted by Gasteiger charge is -2.25. The van der Waals surface area contributed by atoms with Crippen LogP contribution in [0.5, 0.6) is 5.75 Å². The summed E-state index contributed by atoms with van der Waals surface area (Å²) >= 11 is 6.31. The lowest BCUT2D eigenvalue weighted by atomic mass is 10.0. The zero-order valence-corrected chi connectivity index (χ0v) is 25.6. The predicted molar refractivity (Wildman–Crippen MR) is 163 cm³/mol. The van der Waals surface area contributed by atoms with Crippen LogP contribution in [0.4, 0.5) is 0 Å². The Bertz CT molecular complexity index is 928. The quantitative estimate of drug-likeness (QED) is 0.0856. The van der Waals surface area contributed by atoms with Gasteiger partial charge in [-0.15, -0.1) is 0 Å². The van der Waals surface area contributed by atoms with Crippen molar-refractivity contribution < 1.29 is 18.6 Å². The number of halogens is 1. The summed E-state index contributed by atoms with van der Waals surface area (Å²) in [6, 6.07) is 17.5. The van der Waals surface area contributed by atoms with Crippen molar-refractivity contribution in [1.29, 1.82) is 0 Å². The molecule has 0 radical (unpaired) electrons. The van der Waals surface area contributed by atoms with Crippen molar-refractivity contribution in [3.8, 4) is 5.75 Å². The second-order valence-electron chi connectivity index (χ2n) is 10.4. The van der Waals surface area contributed by atoms with Crippen molar-refractivity contribution in [2.75, 3.05) is 0 Å². The first kappa shape index (κ1) is 33.4. The SMILES string of the molecule is CCCCCCCCC(CCCCCCCC)OC(=O)[C@H](Cc1ccccc1)N[P@](=O)(Cl)Oc1ccccc1. The maximum Gasteiger partial charge on any atom is 0.409 e. The zero-order valence-electron chi connectivity index (χ0n) is 24.0. The van der Waals surface area contributed by atoms with Gasteiger partial charge in [-0.1, -0.05) is 127 Å². The van der Waals surface area contributed by atoms with E-state index in [-0.39, 0.29) is 6.10 Å². The van der Waals surface area contributed by atoms with Gasteiger partial charge in [0, 0.05) is 11.2 Å². The van der Waals surface area contributed by atoms with Crippen molar-refractivity contribution >= 4 is 24.1 Å². The maximum absolute atomic E-state index is 13.5. The van der Waals surface area contributed by atoms with Gasteiger partial charge >= 0.3 is 12.8 Å². The van der Waals surface area contributed by atoms with Crippen molar-refractivity contribution in [2.24, 2.45) is 0 Å². The van der Waals surface area contributed by atoms with Gasteiger partial charge in [-0.25, -0.2) is 9.65 Å². The summed E-state index contributed by atoms with van der Waals surface area (Å²) < 4.78 is 24.8. The van der Waals surface area contributed by atoms with E-state index in [1.54, 1.807) is 24.3 Å². The van der Waals surface area contributed by atoms with Crippen LogP contribution in [0.3, 0.4) is 0 Å². The van der Waals surface area contributed by atoms with E-state index in [1.165, 1.54) is 51.4 Å². The fraction of sp³-hybridized carbons (Fsp3) is 0.594. The Balaban J connectivity index is 2.05. The number of rotatable bonds is 22. The molecular formula is C32H49ClNO4P. The van der Waals surface area contributed by atoms with E-state index in [2.05, 4.69) is 18.9 Å². The maximum atomic E-state index is 13.5. The molecule has 1 N–H and O–H groups in total. The molecule has 0 unspecified atom stereocenters. The lowest BCUT2D eigenvalue weighted by Crippen LogP contribution is -2.39. The Morgan fingerprint density at radius 2 is 1.26 bits per heavy atom. The van der Waals surface area contributed by atoms with Crippen LogP contribution in [-0.4, -0.2) is 18.1 Å². The molecular weight excluding hydrogens is 529 g/mol. The Kier molecular flexibility index (Phi) is 17.2. The molecule has 0 aliphatic rings. The molecule has 218 valence electrons. The van der Waals surface area contributed by atoms with Crippen LogP contribution >= 0.6 is 18.1 Å². The molecule has 7 heteroatoms. The molecule has 2 atom stereocenters. The number of hydrogen-bond donors (Lipinski definition) is 1. The van der Waals surface area contributed by atoms with Crippen LogP contribution < -0.4 is 9.61 Å². The minimum Gasteiger partial charge on any atom is -0.461 e. The molecule has 39 heavy (non-hydrogen) atoms. The highest BCUT2D eigenvalue weighted by atomic mass is 35.7. The summed E-state index contributed by atoms with van der Waals surface area (Å²) in [5.41, 5.74) is 0.923. The number of hydrogen-bond acceptors (Lipinski definition) is 4. The van der Waals surface area contributed by atoms with Gasteiger partial charge in [-0.2, -0.15) is 0 Å². The van der Waals surface area contributed by atoms with Crippen molar-refractivity contribution in [2.45, 2.75) is 122 Å². The molecule has 0 spiro atoms. The van der Waals surface area contributed by atoms with Gasteiger partial charge in [0.05, 0.1) is 0 Å². The number of ether oxygens (including phenoxy) is 1. The lowest BCUT2D eigenvalue weighted by molar-refractivity contribution is -0.152. The summed E-state index contributed by atoms with van der Waals surface area (Å²) in [6.45, 7) is 0.588. The van der Waals surface area contributed by atoms with E-state index >= 15 is 0 Å². The van der Waals surface area contributed by atoms with Crippen molar-refractivity contribution in [1.82, 2.24) is 5.09 Å². The minimum atomic E-state index is -3.86. The molecule has 0 fully saturated rings. The highest BCUT2D eigenvalue weighted by Crippen LogP contribution is 2.48. The number of nitrogens with one attached hydrogen (secondary N) is 1. The number of para-hydroxylation sites is 1. The summed E-state index contributed by atoms with van der Waals surface area (Å²) in [4.78, 5) is 13.5. The highest BCUT2D eigenvalue weighted by Gasteiger charge is 2.32. The van der Waals surface area contributed by atoms with E-state index < -0.39 is 18.9 Å². The first-order valence-electron chi connectivity index (χ1n) is 15.0. The third kappa shape index (κ3) is 15.5. The van der Waals surface area contributed by atoms with Crippen molar-refractivity contribution in [3.05, 3.63) is 66.2 Å². The van der Waals surface area contributed by atoms with Crippen LogP contribution in [0.2, 0.25) is 0 Å². The van der Waals surface area contributed by atoms with Crippen LogP contribution in [0.1, 0.15) is 109 Å². The molecule has 0 aliphatic heterocycles. The standard InChI is InChI=1S/C32H49ClNO4P/c1-3-5-7-9-11-17-23-29(24-18-12-10-8-6-4-2)37-32(35)31(27-28-21-15-13-16-22-28)34-39(33,36)38-30-25-19-14-20-26-30/h13-16,19-22,25-26,29,31H,3-12,17-18,23-24,27H2,1-2H3,(H,34,36)/t31-,39-/m0/s1. The molecule has 0 saturated heterocycles. The van der Waals surface area contributed by atoms with E-state index in [4.69, 9.17) is 20.5 Å². The average molecular weight is 578 g/mol. The third-order valence-electron chi connectivity index (χ3n) is 6.89. The van der Waals surface area contributed by atoms with Crippen LogP contribution in [0.25, 0.3) is 0 Å². The van der Waals surface area contributed by atoms with E-state index in [0.717, 1.165) is 44.1 Å². The summed E-state index contributed by atoms with van der Waals surface area (Å²) in [7, 11) is 0. The van der Waals surface area contributed by atoms with Gasteiger partial charge in [0.1, 0.15) is 17.9 Å². The van der Waals surface area contributed by atoms with Gasteiger partial charge in [0.25, 0.3) is 0 Å². The Morgan fingerprint density at radius 3 is 1.79 bits per heavy atom. The van der Waals surface area contributed by atoms with Crippen LogP contribution in [0, 0.1) is 0 Å². The molecule has 0 aliphatic carbocycles. The molecule has 0 bridgehead atoms. The van der Waals surface area contributed by atoms with Gasteiger partial charge in [0.2, 0.25) is 0 Å².